The second-order valence-corrected chi connectivity index (χ2v) is 12.1. The number of aliphatic hydroxyl groups excluding tert-OH is 1. The molecule has 0 radical (unpaired) electrons. The van der Waals surface area contributed by atoms with E-state index >= 15 is 0 Å². The second-order valence-electron chi connectivity index (χ2n) is 10.4. The maximum absolute atomic E-state index is 14.6. The van der Waals surface area contributed by atoms with Crippen molar-refractivity contribution in [1.82, 2.24) is 5.32 Å². The van der Waals surface area contributed by atoms with Gasteiger partial charge >= 0.3 is 0 Å². The van der Waals surface area contributed by atoms with Crippen molar-refractivity contribution in [2.75, 3.05) is 27.4 Å². The third-order valence-corrected chi connectivity index (χ3v) is 9.06. The Kier molecular flexibility index (Phi) is 10.8. The Bertz CT molecular complexity index is 1660. The van der Waals surface area contributed by atoms with Crippen molar-refractivity contribution in [3.8, 4) is 17.2 Å². The van der Waals surface area contributed by atoms with Crippen molar-refractivity contribution in [2.45, 2.75) is 31.0 Å². The van der Waals surface area contributed by atoms with Crippen LogP contribution in [-0.2, 0) is 22.5 Å². The van der Waals surface area contributed by atoms with Gasteiger partial charge < -0.3 is 29.4 Å². The van der Waals surface area contributed by atoms with E-state index in [-0.39, 0.29) is 25.5 Å². The molecule has 0 spiro atoms. The summed E-state index contributed by atoms with van der Waals surface area (Å²) in [6, 6.07) is 28.4. The van der Waals surface area contributed by atoms with Gasteiger partial charge in [0.05, 0.1) is 20.8 Å². The number of amides is 1. The molecule has 8 nitrogen and oxygen atoms in total. The fraction of sp³-hybridized carbons (Fsp3) is 0.257. The van der Waals surface area contributed by atoms with Crippen molar-refractivity contribution in [2.24, 2.45) is 4.99 Å². The summed E-state index contributed by atoms with van der Waals surface area (Å²) in [7, 11) is 3.18. The molecule has 0 fully saturated rings. The molecule has 0 aromatic heterocycles. The molecule has 0 saturated carbocycles. The molecule has 5 rings (SSSR count). The minimum atomic E-state index is -1.38. The lowest BCUT2D eigenvalue weighted by Gasteiger charge is -2.31. The summed E-state index contributed by atoms with van der Waals surface area (Å²) in [5.41, 5.74) is 1.83. The molecular weight excluding hydrogens is 704 g/mol. The molecule has 4 aromatic rings. The molecule has 1 aliphatic heterocycles. The largest absolute Gasteiger partial charge is 0.497 e. The highest BCUT2D eigenvalue weighted by molar-refractivity contribution is 9.10. The van der Waals surface area contributed by atoms with Crippen LogP contribution < -0.4 is 19.5 Å². The predicted molar refractivity (Wildman–Crippen MR) is 180 cm³/mol. The molecule has 234 valence electrons. The van der Waals surface area contributed by atoms with Gasteiger partial charge in [0, 0.05) is 57.7 Å². The van der Waals surface area contributed by atoms with Gasteiger partial charge in [-0.2, -0.15) is 0 Å². The second kappa shape index (κ2) is 14.9. The zero-order valence-corrected chi connectivity index (χ0v) is 28.1. The van der Waals surface area contributed by atoms with Crippen LogP contribution >= 0.6 is 31.9 Å². The van der Waals surface area contributed by atoms with E-state index < -0.39 is 11.6 Å². The van der Waals surface area contributed by atoms with E-state index in [4.69, 9.17) is 29.0 Å². The van der Waals surface area contributed by atoms with Crippen molar-refractivity contribution < 1.29 is 28.8 Å². The van der Waals surface area contributed by atoms with Gasteiger partial charge in [-0.25, -0.2) is 4.99 Å². The Morgan fingerprint density at radius 3 is 2.31 bits per heavy atom. The van der Waals surface area contributed by atoms with Gasteiger partial charge in [-0.1, -0.05) is 68.3 Å². The highest BCUT2D eigenvalue weighted by Gasteiger charge is 2.54. The third-order valence-electron chi connectivity index (χ3n) is 7.57. The SMILES string of the molecule is COc1ccc(CNC(=O)[C@]2(Cc3ccccc3Br)N=C(c3ccc(OCCCO)cc3)O[C@@H]2c2ccccc2Br)c(OC)c1. The monoisotopic (exact) mass is 736 g/mol. The molecule has 1 amide bonds. The molecule has 2 N–H and O–H groups in total. The van der Waals surface area contributed by atoms with Crippen LogP contribution in [-0.4, -0.2) is 49.9 Å². The third kappa shape index (κ3) is 7.35. The highest BCUT2D eigenvalue weighted by atomic mass is 79.9. The Hall–Kier alpha value is -3.86. The minimum absolute atomic E-state index is 0.0616. The average Bonchev–Trinajstić information content (AvgIpc) is 3.45. The quantitative estimate of drug-likeness (QED) is 0.147. The highest BCUT2D eigenvalue weighted by Crippen LogP contribution is 2.45. The number of rotatable bonds is 13. The average molecular weight is 738 g/mol. The first-order valence-electron chi connectivity index (χ1n) is 14.5. The van der Waals surface area contributed by atoms with Crippen molar-refractivity contribution in [1.29, 1.82) is 0 Å². The number of ether oxygens (including phenoxy) is 4. The van der Waals surface area contributed by atoms with E-state index in [1.165, 1.54) is 0 Å². The molecule has 1 heterocycles. The maximum atomic E-state index is 14.6. The van der Waals surface area contributed by atoms with E-state index in [9.17, 15) is 4.79 Å². The molecule has 0 unspecified atom stereocenters. The molecule has 1 aliphatic rings. The lowest BCUT2D eigenvalue weighted by Crippen LogP contribution is -2.49. The van der Waals surface area contributed by atoms with Crippen LogP contribution in [0.4, 0.5) is 0 Å². The Morgan fingerprint density at radius 2 is 1.62 bits per heavy atom. The zero-order chi connectivity index (χ0) is 31.8. The van der Waals surface area contributed by atoms with E-state index in [0.717, 1.165) is 25.6 Å². The number of carbonyl (C=O) groups excluding carboxylic acids is 1. The summed E-state index contributed by atoms with van der Waals surface area (Å²) in [6.45, 7) is 0.675. The van der Waals surface area contributed by atoms with Crippen LogP contribution in [0.25, 0.3) is 0 Å². The zero-order valence-electron chi connectivity index (χ0n) is 25.0. The number of methoxy groups -OCH3 is 2. The number of carbonyl (C=O) groups is 1. The van der Waals surface area contributed by atoms with Gasteiger partial charge in [0.2, 0.25) is 5.90 Å². The number of aliphatic hydroxyl groups is 1. The van der Waals surface area contributed by atoms with E-state index in [1.807, 2.05) is 84.9 Å². The summed E-state index contributed by atoms with van der Waals surface area (Å²) in [6.07, 6.45) is 0.0476. The Labute approximate surface area is 279 Å². The van der Waals surface area contributed by atoms with Gasteiger partial charge in [0.1, 0.15) is 17.2 Å². The number of nitrogens with zero attached hydrogens (tertiary/aromatic N) is 1. The van der Waals surface area contributed by atoms with Crippen LogP contribution in [0.1, 0.15) is 34.8 Å². The molecule has 0 saturated heterocycles. The first-order valence-corrected chi connectivity index (χ1v) is 16.0. The summed E-state index contributed by atoms with van der Waals surface area (Å²) in [5, 5.41) is 12.2. The number of halogens is 2. The van der Waals surface area contributed by atoms with Gasteiger partial charge in [0.25, 0.3) is 5.91 Å². The smallest absolute Gasteiger partial charge is 0.252 e. The van der Waals surface area contributed by atoms with Crippen LogP contribution in [0.2, 0.25) is 0 Å². The lowest BCUT2D eigenvalue weighted by atomic mass is 9.82. The number of aliphatic imine (C=N–C) groups is 1. The summed E-state index contributed by atoms with van der Waals surface area (Å²) >= 11 is 7.38. The number of hydrogen-bond acceptors (Lipinski definition) is 7. The van der Waals surface area contributed by atoms with Crippen LogP contribution in [0, 0.1) is 0 Å². The molecule has 10 heteroatoms. The fourth-order valence-electron chi connectivity index (χ4n) is 5.21. The van der Waals surface area contributed by atoms with Gasteiger partial charge in [0.15, 0.2) is 11.6 Å². The first-order chi connectivity index (χ1) is 21.9. The first kappa shape index (κ1) is 32.5. The van der Waals surface area contributed by atoms with Gasteiger partial charge in [-0.05, 0) is 54.1 Å². The Morgan fingerprint density at radius 1 is 0.911 bits per heavy atom. The van der Waals surface area contributed by atoms with Crippen molar-refractivity contribution >= 4 is 43.7 Å². The van der Waals surface area contributed by atoms with Crippen molar-refractivity contribution in [3.05, 3.63) is 122 Å². The standard InChI is InChI=1S/C35H34Br2N2O6/c1-42-27-17-14-25(31(20-27)43-2)22-38-34(41)35(21-24-8-3-5-10-29(24)36)32(28-9-4-6-11-30(28)37)45-33(39-35)23-12-15-26(16-13-23)44-19-7-18-40/h3-6,8-17,20,32,40H,7,18-19,21-22H2,1-2H3,(H,38,41)/t32-,35-/m1/s1. The molecule has 4 aromatic carbocycles. The number of hydrogen-bond donors (Lipinski definition) is 2. The van der Waals surface area contributed by atoms with E-state index in [0.29, 0.717) is 41.7 Å². The maximum Gasteiger partial charge on any atom is 0.252 e. The van der Waals surface area contributed by atoms with Crippen LogP contribution in [0.3, 0.4) is 0 Å². The number of nitrogens with one attached hydrogen (secondary N) is 1. The number of benzene rings is 4. The van der Waals surface area contributed by atoms with Gasteiger partial charge in [-0.15, -0.1) is 0 Å². The minimum Gasteiger partial charge on any atom is -0.497 e. The summed E-state index contributed by atoms with van der Waals surface area (Å²) in [4.78, 5) is 19.7. The van der Waals surface area contributed by atoms with Crippen LogP contribution in [0.15, 0.2) is 105 Å². The topological polar surface area (TPSA) is 98.6 Å². The predicted octanol–water partition coefficient (Wildman–Crippen LogP) is 6.81. The summed E-state index contributed by atoms with van der Waals surface area (Å²) in [5.74, 6) is 1.98. The Balaban J connectivity index is 1.57. The fourth-order valence-corrected chi connectivity index (χ4v) is 6.12. The van der Waals surface area contributed by atoms with Gasteiger partial charge in [-0.3, -0.25) is 4.79 Å². The van der Waals surface area contributed by atoms with Crippen LogP contribution in [0.5, 0.6) is 17.2 Å². The molecule has 0 aliphatic carbocycles. The van der Waals surface area contributed by atoms with Crippen molar-refractivity contribution in [3.63, 3.8) is 0 Å². The molecular formula is C35H34Br2N2O6. The van der Waals surface area contributed by atoms with E-state index in [1.54, 1.807) is 20.3 Å². The summed E-state index contributed by atoms with van der Waals surface area (Å²) < 4.78 is 25.0. The lowest BCUT2D eigenvalue weighted by molar-refractivity contribution is -0.129. The van der Waals surface area contributed by atoms with E-state index in [2.05, 4.69) is 37.2 Å². The molecule has 0 bridgehead atoms. The molecule has 2 atom stereocenters. The normalized spacial score (nSPS) is 17.3. The molecule has 45 heavy (non-hydrogen) atoms.